The fourth-order valence-electron chi connectivity index (χ4n) is 4.37. The third-order valence-corrected chi connectivity index (χ3v) is 6.14. The highest BCUT2D eigenvalue weighted by atomic mass is 16.5. The van der Waals surface area contributed by atoms with Crippen LogP contribution in [0.1, 0.15) is 48.8 Å². The van der Waals surface area contributed by atoms with Gasteiger partial charge in [-0.25, -0.2) is 4.79 Å². The summed E-state index contributed by atoms with van der Waals surface area (Å²) >= 11 is 0. The van der Waals surface area contributed by atoms with E-state index in [1.54, 1.807) is 0 Å². The molecule has 1 saturated heterocycles. The highest BCUT2D eigenvalue weighted by Gasteiger charge is 2.39. The number of fused-ring (bicyclic) bond motifs is 1. The van der Waals surface area contributed by atoms with Gasteiger partial charge in [-0.05, 0) is 37.8 Å². The van der Waals surface area contributed by atoms with Gasteiger partial charge in [0.05, 0.1) is 5.92 Å². The lowest BCUT2D eigenvalue weighted by Crippen LogP contribution is -2.35. The van der Waals surface area contributed by atoms with Crippen LogP contribution in [-0.2, 0) is 20.9 Å². The SMILES string of the molecule is Cc1ccc2c(COC(=O)[C@H]3CC(=O)N(C4CCCC4)C3)cc(=O)oc2c1C. The number of amides is 1. The number of nitrogens with zero attached hydrogens (tertiary/aromatic N) is 1. The molecule has 0 spiro atoms. The topological polar surface area (TPSA) is 76.8 Å². The average molecular weight is 383 g/mol. The molecule has 1 amide bonds. The van der Waals surface area contributed by atoms with Crippen molar-refractivity contribution < 1.29 is 18.7 Å². The fourth-order valence-corrected chi connectivity index (χ4v) is 4.37. The van der Waals surface area contributed by atoms with E-state index in [0.717, 1.165) is 42.2 Å². The van der Waals surface area contributed by atoms with Gasteiger partial charge in [-0.3, -0.25) is 9.59 Å². The summed E-state index contributed by atoms with van der Waals surface area (Å²) in [6.07, 6.45) is 4.56. The highest BCUT2D eigenvalue weighted by molar-refractivity contribution is 5.87. The van der Waals surface area contributed by atoms with Gasteiger partial charge in [-0.2, -0.15) is 0 Å². The van der Waals surface area contributed by atoms with Gasteiger partial charge in [0, 0.05) is 36.0 Å². The van der Waals surface area contributed by atoms with Crippen LogP contribution in [0, 0.1) is 19.8 Å². The summed E-state index contributed by atoms with van der Waals surface area (Å²) in [5.41, 5.74) is 2.62. The third-order valence-electron chi connectivity index (χ3n) is 6.14. The summed E-state index contributed by atoms with van der Waals surface area (Å²) in [5, 5.41) is 0.769. The van der Waals surface area contributed by atoms with Gasteiger partial charge in [0.25, 0.3) is 0 Å². The molecule has 0 bridgehead atoms. The Balaban J connectivity index is 1.47. The molecule has 1 aliphatic heterocycles. The molecule has 0 unspecified atom stereocenters. The Morgan fingerprint density at radius 3 is 2.71 bits per heavy atom. The number of benzene rings is 1. The Hall–Kier alpha value is -2.63. The van der Waals surface area contributed by atoms with E-state index in [0.29, 0.717) is 17.7 Å². The minimum atomic E-state index is -0.462. The zero-order chi connectivity index (χ0) is 19.8. The van der Waals surface area contributed by atoms with Crippen LogP contribution in [0.4, 0.5) is 0 Å². The molecule has 1 atom stereocenters. The molecule has 2 aromatic rings. The van der Waals surface area contributed by atoms with Gasteiger partial charge in [-0.1, -0.05) is 25.0 Å². The number of hydrogen-bond donors (Lipinski definition) is 0. The van der Waals surface area contributed by atoms with E-state index in [1.165, 1.54) is 6.07 Å². The number of likely N-dealkylation sites (tertiary alicyclic amines) is 1. The number of rotatable bonds is 4. The molecule has 2 heterocycles. The van der Waals surface area contributed by atoms with E-state index >= 15 is 0 Å². The lowest BCUT2D eigenvalue weighted by Gasteiger charge is -2.23. The Morgan fingerprint density at radius 1 is 1.21 bits per heavy atom. The first-order valence-corrected chi connectivity index (χ1v) is 9.93. The number of hydrogen-bond acceptors (Lipinski definition) is 5. The summed E-state index contributed by atoms with van der Waals surface area (Å²) < 4.78 is 10.9. The maximum absolute atomic E-state index is 12.6. The van der Waals surface area contributed by atoms with E-state index in [4.69, 9.17) is 9.15 Å². The Labute approximate surface area is 163 Å². The van der Waals surface area contributed by atoms with Crippen molar-refractivity contribution in [3.8, 4) is 0 Å². The van der Waals surface area contributed by atoms with Gasteiger partial charge >= 0.3 is 11.6 Å². The van der Waals surface area contributed by atoms with E-state index in [1.807, 2.05) is 30.9 Å². The van der Waals surface area contributed by atoms with Crippen molar-refractivity contribution in [2.24, 2.45) is 5.92 Å². The Bertz CT molecular complexity index is 986. The summed E-state index contributed by atoms with van der Waals surface area (Å²) in [6, 6.07) is 5.48. The smallest absolute Gasteiger partial charge is 0.336 e. The van der Waals surface area contributed by atoms with Crippen LogP contribution in [0.3, 0.4) is 0 Å². The monoisotopic (exact) mass is 383 g/mol. The largest absolute Gasteiger partial charge is 0.461 e. The highest BCUT2D eigenvalue weighted by Crippen LogP contribution is 2.30. The molecule has 1 aromatic carbocycles. The van der Waals surface area contributed by atoms with Crippen LogP contribution in [-0.4, -0.2) is 29.4 Å². The van der Waals surface area contributed by atoms with E-state index in [9.17, 15) is 14.4 Å². The van der Waals surface area contributed by atoms with Crippen molar-refractivity contribution in [2.45, 2.75) is 58.6 Å². The van der Waals surface area contributed by atoms with Crippen molar-refractivity contribution in [1.29, 1.82) is 0 Å². The molecule has 1 aliphatic carbocycles. The number of carbonyl (C=O) groups excluding carboxylic acids is 2. The van der Waals surface area contributed by atoms with E-state index in [2.05, 4.69) is 0 Å². The van der Waals surface area contributed by atoms with Crippen molar-refractivity contribution in [2.75, 3.05) is 6.54 Å². The molecule has 28 heavy (non-hydrogen) atoms. The quantitative estimate of drug-likeness (QED) is 0.598. The molecule has 148 valence electrons. The van der Waals surface area contributed by atoms with Crippen LogP contribution >= 0.6 is 0 Å². The Morgan fingerprint density at radius 2 is 1.96 bits per heavy atom. The minimum absolute atomic E-state index is 0.00243. The molecule has 4 rings (SSSR count). The van der Waals surface area contributed by atoms with Gasteiger partial charge < -0.3 is 14.1 Å². The van der Waals surface area contributed by atoms with Gasteiger partial charge in [0.15, 0.2) is 0 Å². The maximum atomic E-state index is 12.6. The van der Waals surface area contributed by atoms with Crippen molar-refractivity contribution in [1.82, 2.24) is 4.90 Å². The summed E-state index contributed by atoms with van der Waals surface area (Å²) in [5.74, 6) is -0.756. The van der Waals surface area contributed by atoms with Crippen LogP contribution in [0.2, 0.25) is 0 Å². The molecule has 1 saturated carbocycles. The summed E-state index contributed by atoms with van der Waals surface area (Å²) in [6.45, 7) is 4.29. The predicted octanol–water partition coefficient (Wildman–Crippen LogP) is 3.24. The molecule has 6 heteroatoms. The minimum Gasteiger partial charge on any atom is -0.461 e. The van der Waals surface area contributed by atoms with Crippen LogP contribution in [0.5, 0.6) is 0 Å². The fraction of sp³-hybridized carbons (Fsp3) is 0.500. The lowest BCUT2D eigenvalue weighted by atomic mass is 10.0. The first-order chi connectivity index (χ1) is 13.4. The van der Waals surface area contributed by atoms with E-state index < -0.39 is 11.5 Å². The molecule has 1 aromatic heterocycles. The van der Waals surface area contributed by atoms with Crippen molar-refractivity contribution in [3.63, 3.8) is 0 Å². The van der Waals surface area contributed by atoms with Crippen LogP contribution in [0.15, 0.2) is 27.4 Å². The molecule has 2 fully saturated rings. The average Bonchev–Trinajstić information content (AvgIpc) is 3.32. The second kappa shape index (κ2) is 7.41. The number of carbonyl (C=O) groups is 2. The van der Waals surface area contributed by atoms with Gasteiger partial charge in [0.1, 0.15) is 12.2 Å². The van der Waals surface area contributed by atoms with E-state index in [-0.39, 0.29) is 30.9 Å². The maximum Gasteiger partial charge on any atom is 0.336 e. The number of ether oxygens (including phenoxy) is 1. The van der Waals surface area contributed by atoms with Gasteiger partial charge in [-0.15, -0.1) is 0 Å². The summed E-state index contributed by atoms with van der Waals surface area (Å²) in [7, 11) is 0. The van der Waals surface area contributed by atoms with Crippen LogP contribution in [0.25, 0.3) is 11.0 Å². The third kappa shape index (κ3) is 3.43. The van der Waals surface area contributed by atoms with Crippen molar-refractivity contribution >= 4 is 22.8 Å². The molecular formula is C22H25NO5. The van der Waals surface area contributed by atoms with Gasteiger partial charge in [0.2, 0.25) is 5.91 Å². The molecule has 0 N–H and O–H groups in total. The molecule has 0 radical (unpaired) electrons. The zero-order valence-corrected chi connectivity index (χ0v) is 16.3. The first kappa shape index (κ1) is 18.7. The number of esters is 1. The first-order valence-electron chi connectivity index (χ1n) is 9.93. The second-order valence-corrected chi connectivity index (χ2v) is 7.97. The Kier molecular flexibility index (Phi) is 4.96. The lowest BCUT2D eigenvalue weighted by molar-refractivity contribution is -0.149. The molecule has 2 aliphatic rings. The normalized spacial score (nSPS) is 20.3. The predicted molar refractivity (Wildman–Crippen MR) is 104 cm³/mol. The zero-order valence-electron chi connectivity index (χ0n) is 16.3. The molecule has 6 nitrogen and oxygen atoms in total. The molecular weight excluding hydrogens is 358 g/mol. The van der Waals surface area contributed by atoms with Crippen LogP contribution < -0.4 is 5.63 Å². The standard InChI is InChI=1S/C22H25NO5/c1-13-7-8-18-16(10-20(25)28-21(18)14(13)2)12-27-22(26)15-9-19(24)23(11-15)17-5-3-4-6-17/h7-8,10,15,17H,3-6,9,11-12H2,1-2H3/t15-/m0/s1. The second-order valence-electron chi connectivity index (χ2n) is 7.97. The summed E-state index contributed by atoms with van der Waals surface area (Å²) in [4.78, 5) is 38.7. The van der Waals surface area contributed by atoms with Crippen molar-refractivity contribution in [3.05, 3.63) is 45.3 Å². The number of aryl methyl sites for hydroxylation is 2.